The number of phenolic OH excluding ortho intramolecular Hbond substituents is 1. The number of rotatable bonds is 17. The summed E-state index contributed by atoms with van der Waals surface area (Å²) in [6.07, 6.45) is 5.00. The van der Waals surface area contributed by atoms with Gasteiger partial charge in [-0.25, -0.2) is 4.79 Å². The van der Waals surface area contributed by atoms with Gasteiger partial charge in [0.05, 0.1) is 32.8 Å². The first-order valence-electron chi connectivity index (χ1n) is 16.2. The molecule has 13 heteroatoms. The van der Waals surface area contributed by atoms with Crippen LogP contribution in [0.4, 0.5) is 4.79 Å². The van der Waals surface area contributed by atoms with Crippen LogP contribution < -0.4 is 45.9 Å². The van der Waals surface area contributed by atoms with Crippen LogP contribution in [0.5, 0.6) is 28.7 Å². The lowest BCUT2D eigenvalue weighted by Gasteiger charge is -2.39. The largest absolute Gasteiger partial charge is 0.502 e. The highest BCUT2D eigenvalue weighted by molar-refractivity contribution is 5.80. The first-order chi connectivity index (χ1) is 22.5. The van der Waals surface area contributed by atoms with Crippen molar-refractivity contribution in [2.75, 3.05) is 66.9 Å². The fraction of sp³-hybridized carbons (Fsp3) is 0.576. The molecule has 1 saturated heterocycles. The Morgan fingerprint density at radius 2 is 1.48 bits per heavy atom. The summed E-state index contributed by atoms with van der Waals surface area (Å²) in [5, 5.41) is 23.6. The first kappa shape index (κ1) is 33.4. The van der Waals surface area contributed by atoms with Gasteiger partial charge in [-0.05, 0) is 106 Å². The van der Waals surface area contributed by atoms with Gasteiger partial charge in [0.2, 0.25) is 12.5 Å². The number of aromatic hydroxyl groups is 1. The fourth-order valence-corrected chi connectivity index (χ4v) is 6.59. The maximum atomic E-state index is 13.3. The molecule has 0 aromatic heterocycles. The number of phenols is 1. The molecule has 0 bridgehead atoms. The zero-order chi connectivity index (χ0) is 32.5. The van der Waals surface area contributed by atoms with Crippen molar-refractivity contribution in [1.82, 2.24) is 21.3 Å². The monoisotopic (exact) mass is 641 g/mol. The molecule has 3 aliphatic rings. The molecule has 0 saturated carbocycles. The number of cyclic esters (lactones) is 1. The van der Waals surface area contributed by atoms with Gasteiger partial charge in [-0.3, -0.25) is 4.79 Å². The Kier molecular flexibility index (Phi) is 11.7. The summed E-state index contributed by atoms with van der Waals surface area (Å²) in [7, 11) is 2.91. The Balaban J connectivity index is 1.23. The molecule has 4 atom stereocenters. The van der Waals surface area contributed by atoms with Crippen molar-refractivity contribution >= 4 is 12.0 Å². The van der Waals surface area contributed by atoms with E-state index in [2.05, 4.69) is 21.3 Å². The number of ether oxygens (including phenoxy) is 5. The Morgan fingerprint density at radius 3 is 2.13 bits per heavy atom. The lowest BCUT2D eigenvalue weighted by atomic mass is 9.65. The van der Waals surface area contributed by atoms with E-state index in [-0.39, 0.29) is 48.6 Å². The molecule has 1 fully saturated rings. The lowest BCUT2D eigenvalue weighted by Crippen LogP contribution is -2.46. The highest BCUT2D eigenvalue weighted by atomic mass is 16.7. The Bertz CT molecular complexity index is 1330. The SMILES string of the molecule is COc1cc(C2c3cc4c(cc3C(NC(=O)NCCCCNCCCNCCCCN)C3COC(=O)C23)OCO4)cc(OC)c1O. The van der Waals surface area contributed by atoms with Crippen molar-refractivity contribution in [1.29, 1.82) is 0 Å². The molecule has 252 valence electrons. The van der Waals surface area contributed by atoms with Crippen molar-refractivity contribution in [3.63, 3.8) is 0 Å². The smallest absolute Gasteiger partial charge is 0.315 e. The maximum Gasteiger partial charge on any atom is 0.315 e. The number of fused-ring (bicyclic) bond motifs is 3. The number of hydrogen-bond acceptors (Lipinski definition) is 11. The number of esters is 1. The molecule has 4 unspecified atom stereocenters. The van der Waals surface area contributed by atoms with Crippen LogP contribution in [0.15, 0.2) is 24.3 Å². The number of carbonyl (C=O) groups excluding carboxylic acids is 2. The van der Waals surface area contributed by atoms with E-state index in [1.807, 2.05) is 12.1 Å². The minimum Gasteiger partial charge on any atom is -0.502 e. The lowest BCUT2D eigenvalue weighted by molar-refractivity contribution is -0.141. The second-order valence-electron chi connectivity index (χ2n) is 11.8. The van der Waals surface area contributed by atoms with Crippen LogP contribution in [0.3, 0.4) is 0 Å². The second-order valence-corrected chi connectivity index (χ2v) is 11.8. The molecule has 1 aliphatic carbocycles. The molecule has 46 heavy (non-hydrogen) atoms. The highest BCUT2D eigenvalue weighted by Gasteiger charge is 2.53. The third kappa shape index (κ3) is 7.54. The second kappa shape index (κ2) is 16.1. The average Bonchev–Trinajstić information content (AvgIpc) is 3.68. The van der Waals surface area contributed by atoms with Gasteiger partial charge in [-0.2, -0.15) is 0 Å². The van der Waals surface area contributed by atoms with E-state index in [0.717, 1.165) is 76.0 Å². The Morgan fingerprint density at radius 1 is 0.870 bits per heavy atom. The van der Waals surface area contributed by atoms with Crippen molar-refractivity contribution in [3.05, 3.63) is 41.0 Å². The number of carbonyl (C=O) groups is 2. The average molecular weight is 642 g/mol. The zero-order valence-electron chi connectivity index (χ0n) is 26.7. The molecule has 2 aliphatic heterocycles. The number of nitrogens with two attached hydrogens (primary N) is 1. The summed E-state index contributed by atoms with van der Waals surface area (Å²) in [6.45, 7) is 5.34. The summed E-state index contributed by atoms with van der Waals surface area (Å²) in [6, 6.07) is 6.33. The van der Waals surface area contributed by atoms with Gasteiger partial charge in [0, 0.05) is 18.4 Å². The van der Waals surface area contributed by atoms with Gasteiger partial charge < -0.3 is 55.8 Å². The molecular weight excluding hydrogens is 594 g/mol. The van der Waals surface area contributed by atoms with Crippen LogP contribution in [0.25, 0.3) is 0 Å². The highest BCUT2D eigenvalue weighted by Crippen LogP contribution is 2.55. The van der Waals surface area contributed by atoms with Gasteiger partial charge in [-0.1, -0.05) is 0 Å². The molecule has 13 nitrogen and oxygen atoms in total. The molecule has 2 amide bonds. The topological polar surface area (TPSA) is 175 Å². The van der Waals surface area contributed by atoms with E-state index in [1.54, 1.807) is 12.1 Å². The normalized spacial score (nSPS) is 20.9. The molecule has 2 heterocycles. The molecule has 2 aromatic rings. The van der Waals surface area contributed by atoms with E-state index in [4.69, 9.17) is 29.4 Å². The van der Waals surface area contributed by atoms with E-state index < -0.39 is 17.9 Å². The Hall–Kier alpha value is -3.94. The summed E-state index contributed by atoms with van der Waals surface area (Å²) in [5.41, 5.74) is 7.83. The maximum absolute atomic E-state index is 13.3. The summed E-state index contributed by atoms with van der Waals surface area (Å²) in [5.74, 6) is -0.340. The molecular formula is C33H47N5O8. The van der Waals surface area contributed by atoms with Crippen LogP contribution >= 0.6 is 0 Å². The van der Waals surface area contributed by atoms with Crippen LogP contribution in [0.2, 0.25) is 0 Å². The van der Waals surface area contributed by atoms with Gasteiger partial charge in [-0.15, -0.1) is 0 Å². The molecule has 0 radical (unpaired) electrons. The van der Waals surface area contributed by atoms with Gasteiger partial charge in [0.25, 0.3) is 0 Å². The van der Waals surface area contributed by atoms with E-state index in [0.29, 0.717) is 23.6 Å². The first-order valence-corrected chi connectivity index (χ1v) is 16.2. The van der Waals surface area contributed by atoms with Gasteiger partial charge in [0.15, 0.2) is 23.0 Å². The fourth-order valence-electron chi connectivity index (χ4n) is 6.59. The van der Waals surface area contributed by atoms with Crippen molar-refractivity contribution in [3.8, 4) is 28.7 Å². The van der Waals surface area contributed by atoms with Crippen LogP contribution in [-0.2, 0) is 9.53 Å². The number of urea groups is 1. The van der Waals surface area contributed by atoms with E-state index in [1.165, 1.54) is 14.2 Å². The third-order valence-electron chi connectivity index (χ3n) is 8.92. The summed E-state index contributed by atoms with van der Waals surface area (Å²) in [4.78, 5) is 26.5. The Labute approximate surface area is 269 Å². The van der Waals surface area contributed by atoms with Crippen LogP contribution in [-0.4, -0.2) is 84.0 Å². The molecule has 0 spiro atoms. The predicted molar refractivity (Wildman–Crippen MR) is 171 cm³/mol. The van der Waals surface area contributed by atoms with Gasteiger partial charge in [0.1, 0.15) is 0 Å². The van der Waals surface area contributed by atoms with E-state index >= 15 is 0 Å². The number of hydrogen-bond donors (Lipinski definition) is 6. The quantitative estimate of drug-likeness (QED) is 0.111. The minimum absolute atomic E-state index is 0.0816. The summed E-state index contributed by atoms with van der Waals surface area (Å²) < 4.78 is 27.9. The third-order valence-corrected chi connectivity index (χ3v) is 8.92. The zero-order valence-corrected chi connectivity index (χ0v) is 26.7. The minimum atomic E-state index is -0.607. The standard InChI is InChI=1S/C33H47N5O8/c1-42-26-14-20(15-27(43-2)31(26)39)28-21-16-24-25(46-19-45-24)17-22(21)30(23-18-44-32(40)29(23)28)38-33(41)37-13-6-5-10-36-12-7-11-35-9-4-3-8-34/h14-17,23,28-30,35-36,39H,3-13,18-19,34H2,1-2H3,(H2,37,38,41). The van der Waals surface area contributed by atoms with Crippen LogP contribution in [0, 0.1) is 11.8 Å². The number of nitrogens with one attached hydrogen (secondary N) is 4. The summed E-state index contributed by atoms with van der Waals surface area (Å²) >= 11 is 0. The molecule has 2 aromatic carbocycles. The molecule has 5 rings (SSSR count). The number of amides is 2. The number of methoxy groups -OCH3 is 2. The van der Waals surface area contributed by atoms with E-state index in [9.17, 15) is 14.7 Å². The van der Waals surface area contributed by atoms with Crippen molar-refractivity contribution < 1.29 is 38.4 Å². The van der Waals surface area contributed by atoms with Crippen molar-refractivity contribution in [2.24, 2.45) is 17.6 Å². The van der Waals surface area contributed by atoms with Crippen LogP contribution in [0.1, 0.15) is 60.8 Å². The van der Waals surface area contributed by atoms with Gasteiger partial charge >= 0.3 is 12.0 Å². The number of unbranched alkanes of at least 4 members (excludes halogenated alkanes) is 2. The molecule has 7 N–H and O–H groups in total. The van der Waals surface area contributed by atoms with Crippen molar-refractivity contribution in [2.45, 2.75) is 44.1 Å². The number of benzene rings is 2. The predicted octanol–water partition coefficient (Wildman–Crippen LogP) is 2.50.